The van der Waals surface area contributed by atoms with E-state index < -0.39 is 0 Å². The van der Waals surface area contributed by atoms with E-state index in [1.165, 1.54) is 22.8 Å². The number of ketones is 1. The van der Waals surface area contributed by atoms with Crippen LogP contribution < -0.4 is 10.1 Å². The Morgan fingerprint density at radius 2 is 2.11 bits per heavy atom. The van der Waals surface area contributed by atoms with Crippen LogP contribution in [0.5, 0.6) is 0 Å². The maximum atomic E-state index is 11.9. The lowest BCUT2D eigenvalue weighted by Crippen LogP contribution is -2.24. The molecular weight excluding hydrogens is 262 g/mol. The molecule has 0 aliphatic heterocycles. The number of nitrogens with zero attached hydrogens (tertiary/aromatic N) is 1. The van der Waals surface area contributed by atoms with E-state index in [1.54, 1.807) is 35.8 Å². The van der Waals surface area contributed by atoms with Crippen LogP contribution in [-0.4, -0.2) is 16.3 Å². The van der Waals surface area contributed by atoms with Gasteiger partial charge in [-0.15, -0.1) is 11.3 Å². The van der Waals surface area contributed by atoms with Gasteiger partial charge in [0.05, 0.1) is 5.69 Å². The second kappa shape index (κ2) is 5.62. The van der Waals surface area contributed by atoms with Gasteiger partial charge in [0.1, 0.15) is 6.54 Å². The van der Waals surface area contributed by atoms with Gasteiger partial charge in [-0.2, -0.15) is 0 Å². The van der Waals surface area contributed by atoms with E-state index in [2.05, 4.69) is 5.32 Å². The summed E-state index contributed by atoms with van der Waals surface area (Å²) in [6.45, 7) is 1.52. The Hall–Kier alpha value is -2.21. The molecule has 0 fully saturated rings. The zero-order valence-corrected chi connectivity index (χ0v) is 11.2. The Balaban J connectivity index is 2.14. The number of rotatable bonds is 4. The monoisotopic (exact) mass is 275 g/mol. The molecule has 0 aliphatic rings. The van der Waals surface area contributed by atoms with Crippen LogP contribution in [0.25, 0.3) is 0 Å². The number of carbonyl (C=O) groups excluding carboxylic acids is 2. The molecule has 0 aliphatic carbocycles. The van der Waals surface area contributed by atoms with Crippen molar-refractivity contribution in [1.29, 1.82) is 5.41 Å². The summed E-state index contributed by atoms with van der Waals surface area (Å²) in [7, 11) is 0. The molecule has 0 atom stereocenters. The average Bonchev–Trinajstić information content (AvgIpc) is 2.75. The van der Waals surface area contributed by atoms with Crippen LogP contribution in [0.2, 0.25) is 0 Å². The average molecular weight is 275 g/mol. The van der Waals surface area contributed by atoms with Crippen molar-refractivity contribution in [3.63, 3.8) is 0 Å². The highest BCUT2D eigenvalue weighted by atomic mass is 32.1. The second-order valence-corrected chi connectivity index (χ2v) is 4.88. The third-order valence-electron chi connectivity index (χ3n) is 2.58. The van der Waals surface area contributed by atoms with Crippen molar-refractivity contribution in [1.82, 2.24) is 4.57 Å². The lowest BCUT2D eigenvalue weighted by atomic mass is 10.1. The molecule has 0 unspecified atom stereocenters. The van der Waals surface area contributed by atoms with Crippen molar-refractivity contribution < 1.29 is 9.59 Å². The minimum Gasteiger partial charge on any atom is -0.324 e. The normalized spacial score (nSPS) is 10.2. The van der Waals surface area contributed by atoms with Crippen molar-refractivity contribution in [3.05, 3.63) is 46.2 Å². The summed E-state index contributed by atoms with van der Waals surface area (Å²) in [5.74, 6) is -0.356. The Bertz CT molecular complexity index is 672. The summed E-state index contributed by atoms with van der Waals surface area (Å²) in [6.07, 6.45) is 1.68. The number of nitrogens with one attached hydrogen (secondary N) is 2. The van der Waals surface area contributed by atoms with Crippen LogP contribution in [0, 0.1) is 5.41 Å². The lowest BCUT2D eigenvalue weighted by molar-refractivity contribution is -0.116. The largest absolute Gasteiger partial charge is 0.324 e. The molecule has 0 saturated carbocycles. The van der Waals surface area contributed by atoms with Crippen LogP contribution in [0.4, 0.5) is 5.69 Å². The number of Topliss-reactive ketones (excluding diaryl/α,β-unsaturated/α-hetero) is 1. The fourth-order valence-corrected chi connectivity index (χ4v) is 2.27. The van der Waals surface area contributed by atoms with Crippen LogP contribution in [0.1, 0.15) is 17.3 Å². The molecule has 1 amide bonds. The molecule has 6 heteroatoms. The van der Waals surface area contributed by atoms with Crippen molar-refractivity contribution in [2.45, 2.75) is 13.5 Å². The van der Waals surface area contributed by atoms with Crippen LogP contribution >= 0.6 is 11.3 Å². The summed E-state index contributed by atoms with van der Waals surface area (Å²) < 4.78 is 1.54. The SMILES string of the molecule is CC(=O)c1ccccc1NC(=O)Cn1ccsc1=N. The van der Waals surface area contributed by atoms with E-state index in [0.29, 0.717) is 16.1 Å². The summed E-state index contributed by atoms with van der Waals surface area (Å²) in [5, 5.41) is 12.0. The summed E-state index contributed by atoms with van der Waals surface area (Å²) >= 11 is 1.26. The first-order valence-corrected chi connectivity index (χ1v) is 6.54. The van der Waals surface area contributed by atoms with E-state index in [-0.39, 0.29) is 18.2 Å². The number of thiazole rings is 1. The number of hydrogen-bond donors (Lipinski definition) is 2. The molecule has 2 N–H and O–H groups in total. The first kappa shape index (κ1) is 13.2. The second-order valence-electron chi connectivity index (χ2n) is 3.99. The van der Waals surface area contributed by atoms with Gasteiger partial charge < -0.3 is 9.88 Å². The molecule has 0 bridgehead atoms. The van der Waals surface area contributed by atoms with Gasteiger partial charge >= 0.3 is 0 Å². The van der Waals surface area contributed by atoms with E-state index >= 15 is 0 Å². The number of carbonyl (C=O) groups is 2. The molecule has 5 nitrogen and oxygen atoms in total. The van der Waals surface area contributed by atoms with E-state index in [0.717, 1.165) is 0 Å². The third kappa shape index (κ3) is 3.17. The quantitative estimate of drug-likeness (QED) is 0.836. The summed E-state index contributed by atoms with van der Waals surface area (Å²) in [6, 6.07) is 6.87. The molecule has 19 heavy (non-hydrogen) atoms. The minimum absolute atomic E-state index is 0.0641. The first-order valence-electron chi connectivity index (χ1n) is 5.66. The van der Waals surface area contributed by atoms with Gasteiger partial charge in [0.15, 0.2) is 10.6 Å². The van der Waals surface area contributed by atoms with Gasteiger partial charge in [-0.25, -0.2) is 0 Å². The van der Waals surface area contributed by atoms with E-state index in [4.69, 9.17) is 5.41 Å². The Labute approximate surface area is 114 Å². The zero-order valence-electron chi connectivity index (χ0n) is 10.3. The fourth-order valence-electron chi connectivity index (χ4n) is 1.67. The number of anilines is 1. The van der Waals surface area contributed by atoms with Crippen LogP contribution in [0.3, 0.4) is 0 Å². The van der Waals surface area contributed by atoms with Gasteiger partial charge in [0, 0.05) is 17.1 Å². The Kier molecular flexibility index (Phi) is 3.91. The van der Waals surface area contributed by atoms with Gasteiger partial charge in [-0.1, -0.05) is 12.1 Å². The topological polar surface area (TPSA) is 75.0 Å². The van der Waals surface area contributed by atoms with Crippen molar-refractivity contribution in [2.24, 2.45) is 0 Å². The number of benzene rings is 1. The summed E-state index contributed by atoms with van der Waals surface area (Å²) in [5.41, 5.74) is 0.986. The fraction of sp³-hybridized carbons (Fsp3) is 0.154. The summed E-state index contributed by atoms with van der Waals surface area (Å²) in [4.78, 5) is 23.6. The number of para-hydroxylation sites is 1. The molecule has 0 spiro atoms. The minimum atomic E-state index is -0.259. The number of amides is 1. The van der Waals surface area contributed by atoms with Crippen molar-refractivity contribution in [2.75, 3.05) is 5.32 Å². The molecule has 98 valence electrons. The molecule has 2 rings (SSSR count). The molecule has 1 aromatic carbocycles. The van der Waals surface area contributed by atoms with E-state index in [9.17, 15) is 9.59 Å². The number of hydrogen-bond acceptors (Lipinski definition) is 4. The van der Waals surface area contributed by atoms with Crippen LogP contribution in [-0.2, 0) is 11.3 Å². The zero-order chi connectivity index (χ0) is 13.8. The number of aromatic nitrogens is 1. The molecule has 1 heterocycles. The van der Waals surface area contributed by atoms with Crippen LogP contribution in [0.15, 0.2) is 35.8 Å². The molecule has 0 radical (unpaired) electrons. The third-order valence-corrected chi connectivity index (χ3v) is 3.29. The maximum absolute atomic E-state index is 11.9. The highest BCUT2D eigenvalue weighted by Crippen LogP contribution is 2.15. The molecular formula is C13H13N3O2S. The van der Waals surface area contributed by atoms with Gasteiger partial charge in [-0.3, -0.25) is 15.0 Å². The molecule has 2 aromatic rings. The predicted octanol–water partition coefficient (Wildman–Crippen LogP) is 1.87. The van der Waals surface area contributed by atoms with Crippen molar-refractivity contribution in [3.8, 4) is 0 Å². The smallest absolute Gasteiger partial charge is 0.244 e. The first-order chi connectivity index (χ1) is 9.08. The molecule has 0 saturated heterocycles. The predicted molar refractivity (Wildman–Crippen MR) is 73.2 cm³/mol. The standard InChI is InChI=1S/C13H13N3O2S/c1-9(17)10-4-2-3-5-11(10)15-12(18)8-16-6-7-19-13(16)14/h2-7,14H,8H2,1H3,(H,15,18). The maximum Gasteiger partial charge on any atom is 0.244 e. The highest BCUT2D eigenvalue weighted by Gasteiger charge is 2.10. The van der Waals surface area contributed by atoms with Gasteiger partial charge in [-0.05, 0) is 19.1 Å². The van der Waals surface area contributed by atoms with E-state index in [1.807, 2.05) is 0 Å². The Morgan fingerprint density at radius 3 is 2.74 bits per heavy atom. The highest BCUT2D eigenvalue weighted by molar-refractivity contribution is 7.06. The van der Waals surface area contributed by atoms with Crippen molar-refractivity contribution >= 4 is 28.7 Å². The van der Waals surface area contributed by atoms with Gasteiger partial charge in [0.25, 0.3) is 0 Å². The Morgan fingerprint density at radius 1 is 1.37 bits per heavy atom. The van der Waals surface area contributed by atoms with Gasteiger partial charge in [0.2, 0.25) is 5.91 Å². The lowest BCUT2D eigenvalue weighted by Gasteiger charge is -2.09. The molecule has 1 aromatic heterocycles.